The summed E-state index contributed by atoms with van der Waals surface area (Å²) in [4.78, 5) is 0. The highest BCUT2D eigenvalue weighted by Gasteiger charge is 2.23. The van der Waals surface area contributed by atoms with E-state index in [9.17, 15) is 0 Å². The molecule has 0 fully saturated rings. The lowest BCUT2D eigenvalue weighted by Gasteiger charge is -2.23. The van der Waals surface area contributed by atoms with Gasteiger partial charge in [-0.05, 0) is 50.1 Å². The second-order valence-corrected chi connectivity index (χ2v) is 5.05. The maximum atomic E-state index is 5.76. The summed E-state index contributed by atoms with van der Waals surface area (Å²) in [5.74, 6) is 1.09. The molecule has 1 aromatic rings. The van der Waals surface area contributed by atoms with Crippen LogP contribution < -0.4 is 5.32 Å². The largest absolute Gasteiger partial charge is 0.496 e. The summed E-state index contributed by atoms with van der Waals surface area (Å²) in [5, 5.41) is 3.55. The van der Waals surface area contributed by atoms with E-state index < -0.39 is 0 Å². The minimum absolute atomic E-state index is 0.207. The number of aryl methyl sites for hydroxylation is 3. The SMILES string of the molecule is CCNC(C1=CCCO1)c1c(C)cc(C)cc1C. The van der Waals surface area contributed by atoms with Crippen molar-refractivity contribution in [3.63, 3.8) is 0 Å². The molecule has 0 aromatic heterocycles. The molecule has 1 N–H and O–H groups in total. The lowest BCUT2D eigenvalue weighted by molar-refractivity contribution is 0.215. The van der Waals surface area contributed by atoms with Crippen molar-refractivity contribution in [2.45, 2.75) is 40.2 Å². The average Bonchev–Trinajstić information content (AvgIpc) is 2.79. The van der Waals surface area contributed by atoms with Crippen LogP contribution in [0.5, 0.6) is 0 Å². The minimum Gasteiger partial charge on any atom is -0.496 e. The van der Waals surface area contributed by atoms with Gasteiger partial charge in [-0.1, -0.05) is 24.6 Å². The van der Waals surface area contributed by atoms with Crippen LogP contribution in [0.2, 0.25) is 0 Å². The van der Waals surface area contributed by atoms with Crippen molar-refractivity contribution in [1.29, 1.82) is 0 Å². The number of nitrogens with one attached hydrogen (secondary N) is 1. The molecule has 1 unspecified atom stereocenters. The zero-order valence-corrected chi connectivity index (χ0v) is 11.8. The topological polar surface area (TPSA) is 21.3 Å². The summed E-state index contributed by atoms with van der Waals surface area (Å²) >= 11 is 0. The molecule has 1 aromatic carbocycles. The maximum Gasteiger partial charge on any atom is 0.114 e. The molecule has 0 saturated carbocycles. The molecular formula is C16H23NO. The first-order valence-corrected chi connectivity index (χ1v) is 6.77. The van der Waals surface area contributed by atoms with Gasteiger partial charge in [-0.3, -0.25) is 0 Å². The number of benzene rings is 1. The fourth-order valence-corrected chi connectivity index (χ4v) is 2.83. The third-order valence-corrected chi connectivity index (χ3v) is 3.45. The van der Waals surface area contributed by atoms with Crippen molar-refractivity contribution < 1.29 is 4.74 Å². The second kappa shape index (κ2) is 5.57. The van der Waals surface area contributed by atoms with Gasteiger partial charge in [0, 0.05) is 6.42 Å². The average molecular weight is 245 g/mol. The Balaban J connectivity index is 2.42. The predicted molar refractivity (Wildman–Crippen MR) is 75.7 cm³/mol. The maximum absolute atomic E-state index is 5.76. The highest BCUT2D eigenvalue weighted by molar-refractivity contribution is 5.42. The van der Waals surface area contributed by atoms with E-state index in [0.29, 0.717) is 0 Å². The molecule has 1 atom stereocenters. The number of ether oxygens (including phenoxy) is 1. The van der Waals surface area contributed by atoms with E-state index in [0.717, 1.165) is 25.3 Å². The van der Waals surface area contributed by atoms with E-state index in [4.69, 9.17) is 4.74 Å². The van der Waals surface area contributed by atoms with Crippen LogP contribution in [-0.4, -0.2) is 13.2 Å². The molecule has 0 bridgehead atoms. The van der Waals surface area contributed by atoms with Gasteiger partial charge >= 0.3 is 0 Å². The normalized spacial score (nSPS) is 16.3. The van der Waals surface area contributed by atoms with Crippen LogP contribution >= 0.6 is 0 Å². The third kappa shape index (κ3) is 2.59. The van der Waals surface area contributed by atoms with Gasteiger partial charge in [-0.25, -0.2) is 0 Å². The first-order chi connectivity index (χ1) is 8.63. The standard InChI is InChI=1S/C16H23NO/c1-5-17-16(14-7-6-8-18-14)15-12(3)9-11(2)10-13(15)4/h7,9-10,16-17H,5-6,8H2,1-4H3. The molecule has 0 saturated heterocycles. The Bertz CT molecular complexity index is 439. The van der Waals surface area contributed by atoms with Crippen LogP contribution in [0.25, 0.3) is 0 Å². The molecule has 1 aliphatic rings. The molecule has 18 heavy (non-hydrogen) atoms. The summed E-state index contributed by atoms with van der Waals surface area (Å²) in [7, 11) is 0. The zero-order chi connectivity index (χ0) is 13.1. The van der Waals surface area contributed by atoms with Crippen LogP contribution in [0.1, 0.15) is 41.6 Å². The molecule has 2 nitrogen and oxygen atoms in total. The van der Waals surface area contributed by atoms with Gasteiger partial charge < -0.3 is 10.1 Å². The van der Waals surface area contributed by atoms with Gasteiger partial charge in [-0.15, -0.1) is 0 Å². The summed E-state index contributed by atoms with van der Waals surface area (Å²) < 4.78 is 5.76. The quantitative estimate of drug-likeness (QED) is 0.875. The smallest absolute Gasteiger partial charge is 0.114 e. The van der Waals surface area contributed by atoms with Gasteiger partial charge in [0.2, 0.25) is 0 Å². The van der Waals surface area contributed by atoms with Crippen LogP contribution in [0.4, 0.5) is 0 Å². The van der Waals surface area contributed by atoms with E-state index in [1.54, 1.807) is 0 Å². The van der Waals surface area contributed by atoms with Crippen molar-refractivity contribution in [3.8, 4) is 0 Å². The molecule has 0 amide bonds. The van der Waals surface area contributed by atoms with Gasteiger partial charge in [0.05, 0.1) is 12.6 Å². The van der Waals surface area contributed by atoms with Crippen molar-refractivity contribution in [2.24, 2.45) is 0 Å². The summed E-state index contributed by atoms with van der Waals surface area (Å²) in [5.41, 5.74) is 5.38. The van der Waals surface area contributed by atoms with Gasteiger partial charge in [0.25, 0.3) is 0 Å². The molecule has 0 radical (unpaired) electrons. The minimum atomic E-state index is 0.207. The highest BCUT2D eigenvalue weighted by Crippen LogP contribution is 2.31. The predicted octanol–water partition coefficient (Wildman–Crippen LogP) is 3.57. The molecule has 0 aliphatic carbocycles. The van der Waals surface area contributed by atoms with E-state index in [2.05, 4.69) is 51.2 Å². The number of hydrogen-bond donors (Lipinski definition) is 1. The molecule has 0 spiro atoms. The van der Waals surface area contributed by atoms with Gasteiger partial charge in [0.15, 0.2) is 0 Å². The molecule has 1 heterocycles. The van der Waals surface area contributed by atoms with E-state index >= 15 is 0 Å². The second-order valence-electron chi connectivity index (χ2n) is 5.05. The van der Waals surface area contributed by atoms with Gasteiger partial charge in [-0.2, -0.15) is 0 Å². The Kier molecular flexibility index (Phi) is 4.07. The monoisotopic (exact) mass is 245 g/mol. The van der Waals surface area contributed by atoms with E-state index in [1.165, 1.54) is 22.3 Å². The van der Waals surface area contributed by atoms with E-state index in [-0.39, 0.29) is 6.04 Å². The molecular weight excluding hydrogens is 222 g/mol. The lowest BCUT2D eigenvalue weighted by Crippen LogP contribution is -2.24. The third-order valence-electron chi connectivity index (χ3n) is 3.45. The Labute approximate surface area is 110 Å². The fraction of sp³-hybridized carbons (Fsp3) is 0.500. The zero-order valence-electron chi connectivity index (χ0n) is 11.8. The lowest BCUT2D eigenvalue weighted by atomic mass is 9.93. The summed E-state index contributed by atoms with van der Waals surface area (Å²) in [6.07, 6.45) is 3.24. The fourth-order valence-electron chi connectivity index (χ4n) is 2.83. The van der Waals surface area contributed by atoms with Crippen LogP contribution in [0.15, 0.2) is 24.0 Å². The summed E-state index contributed by atoms with van der Waals surface area (Å²) in [6, 6.07) is 4.71. The molecule has 1 aliphatic heterocycles. The molecule has 2 rings (SSSR count). The van der Waals surface area contributed by atoms with Crippen LogP contribution in [0, 0.1) is 20.8 Å². The first-order valence-electron chi connectivity index (χ1n) is 6.77. The van der Waals surface area contributed by atoms with Crippen molar-refractivity contribution in [3.05, 3.63) is 46.2 Å². The van der Waals surface area contributed by atoms with Crippen molar-refractivity contribution >= 4 is 0 Å². The number of hydrogen-bond acceptors (Lipinski definition) is 2. The Morgan fingerprint density at radius 2 is 1.89 bits per heavy atom. The summed E-state index contributed by atoms with van der Waals surface area (Å²) in [6.45, 7) is 10.4. The van der Waals surface area contributed by atoms with Crippen LogP contribution in [0.3, 0.4) is 0 Å². The Hall–Kier alpha value is -1.28. The van der Waals surface area contributed by atoms with Crippen molar-refractivity contribution in [1.82, 2.24) is 5.32 Å². The Morgan fingerprint density at radius 3 is 2.39 bits per heavy atom. The van der Waals surface area contributed by atoms with Crippen LogP contribution in [-0.2, 0) is 4.74 Å². The highest BCUT2D eigenvalue weighted by atomic mass is 16.5. The number of rotatable bonds is 4. The van der Waals surface area contributed by atoms with E-state index in [1.807, 2.05) is 0 Å². The Morgan fingerprint density at radius 1 is 1.22 bits per heavy atom. The molecule has 2 heteroatoms. The number of likely N-dealkylation sites (N-methyl/N-ethyl adjacent to an activating group) is 1. The first kappa shape index (κ1) is 13.2. The van der Waals surface area contributed by atoms with Crippen molar-refractivity contribution in [2.75, 3.05) is 13.2 Å². The van der Waals surface area contributed by atoms with Gasteiger partial charge in [0.1, 0.15) is 5.76 Å². The molecule has 98 valence electrons.